The van der Waals surface area contributed by atoms with Gasteiger partial charge in [-0.1, -0.05) is 22.0 Å². The van der Waals surface area contributed by atoms with Crippen molar-refractivity contribution in [2.24, 2.45) is 0 Å². The van der Waals surface area contributed by atoms with Crippen LogP contribution in [-0.2, 0) is 4.79 Å². The summed E-state index contributed by atoms with van der Waals surface area (Å²) in [5, 5.41) is 3.62. The van der Waals surface area contributed by atoms with Crippen LogP contribution in [0.2, 0.25) is 0 Å². The number of hydrogen-bond acceptors (Lipinski definition) is 3. The summed E-state index contributed by atoms with van der Waals surface area (Å²) in [5.74, 6) is 0.978. The zero-order valence-electron chi connectivity index (χ0n) is 13.3. The van der Waals surface area contributed by atoms with Crippen molar-refractivity contribution in [2.45, 2.75) is 50.2 Å². The molecule has 2 bridgehead atoms. The number of rotatable bonds is 5. The zero-order chi connectivity index (χ0) is 15.5. The topological polar surface area (TPSA) is 41.6 Å². The van der Waals surface area contributed by atoms with Gasteiger partial charge in [0.15, 0.2) is 0 Å². The fourth-order valence-corrected chi connectivity index (χ4v) is 3.91. The van der Waals surface area contributed by atoms with Crippen LogP contribution in [0.1, 0.15) is 32.1 Å². The molecule has 2 aliphatic heterocycles. The van der Waals surface area contributed by atoms with Gasteiger partial charge in [0.1, 0.15) is 5.75 Å². The Hall–Kier alpha value is -0.780. The largest absolute Gasteiger partial charge is 0.493 e. The highest BCUT2D eigenvalue weighted by Crippen LogP contribution is 2.29. The Balaban J connectivity index is 0.00000192. The van der Waals surface area contributed by atoms with Crippen LogP contribution in [0.3, 0.4) is 0 Å². The van der Waals surface area contributed by atoms with Gasteiger partial charge < -0.3 is 15.0 Å². The van der Waals surface area contributed by atoms with E-state index in [1.807, 2.05) is 36.2 Å². The fraction of sp³-hybridized carbons (Fsp3) is 0.588. The summed E-state index contributed by atoms with van der Waals surface area (Å²) in [7, 11) is 1.94. The van der Waals surface area contributed by atoms with Crippen molar-refractivity contribution in [1.29, 1.82) is 0 Å². The Morgan fingerprint density at radius 2 is 2.04 bits per heavy atom. The van der Waals surface area contributed by atoms with Gasteiger partial charge in [-0.3, -0.25) is 4.79 Å². The Bertz CT molecular complexity index is 531. The molecule has 23 heavy (non-hydrogen) atoms. The van der Waals surface area contributed by atoms with Crippen LogP contribution in [0.15, 0.2) is 28.7 Å². The Kier molecular flexibility index (Phi) is 6.74. The molecule has 2 saturated heterocycles. The third kappa shape index (κ3) is 4.85. The fourth-order valence-electron chi connectivity index (χ4n) is 3.54. The van der Waals surface area contributed by atoms with Crippen molar-refractivity contribution >= 4 is 34.2 Å². The molecule has 0 aliphatic carbocycles. The first kappa shape index (κ1) is 18.6. The number of nitrogens with zero attached hydrogens (tertiary/aromatic N) is 1. The molecule has 0 aromatic heterocycles. The molecule has 3 rings (SSSR count). The van der Waals surface area contributed by atoms with E-state index < -0.39 is 0 Å². The molecule has 1 aromatic carbocycles. The van der Waals surface area contributed by atoms with Crippen LogP contribution in [-0.4, -0.2) is 42.6 Å². The van der Waals surface area contributed by atoms with Gasteiger partial charge in [0.25, 0.3) is 0 Å². The van der Waals surface area contributed by atoms with Crippen LogP contribution in [0.25, 0.3) is 0 Å². The number of nitrogens with one attached hydrogen (secondary N) is 1. The van der Waals surface area contributed by atoms with Gasteiger partial charge in [-0.25, -0.2) is 0 Å². The molecule has 2 unspecified atom stereocenters. The normalized spacial score (nSPS) is 25.6. The Morgan fingerprint density at radius 3 is 2.70 bits per heavy atom. The summed E-state index contributed by atoms with van der Waals surface area (Å²) < 4.78 is 6.64. The molecular formula is C17H24BrClN2O2. The molecule has 0 radical (unpaired) electrons. The van der Waals surface area contributed by atoms with Gasteiger partial charge in [-0.2, -0.15) is 0 Å². The summed E-state index contributed by atoms with van der Waals surface area (Å²) in [6, 6.07) is 9.31. The Morgan fingerprint density at radius 1 is 1.35 bits per heavy atom. The van der Waals surface area contributed by atoms with Crippen LogP contribution < -0.4 is 10.1 Å². The lowest BCUT2D eigenvalue weighted by Gasteiger charge is -2.35. The summed E-state index contributed by atoms with van der Waals surface area (Å²) in [5.41, 5.74) is 0. The SMILES string of the molecule is CN(C(=O)CCOc1cccc(Br)c1)C1CC2CCC(C1)N2.Cl. The number of hydrogen-bond donors (Lipinski definition) is 1. The first-order chi connectivity index (χ1) is 10.6. The van der Waals surface area contributed by atoms with E-state index in [-0.39, 0.29) is 18.3 Å². The minimum Gasteiger partial charge on any atom is -0.493 e. The predicted octanol–water partition coefficient (Wildman–Crippen LogP) is 3.38. The van der Waals surface area contributed by atoms with Gasteiger partial charge in [0.2, 0.25) is 5.91 Å². The molecule has 128 valence electrons. The average Bonchev–Trinajstić information content (AvgIpc) is 2.85. The highest BCUT2D eigenvalue weighted by molar-refractivity contribution is 9.10. The molecule has 2 atom stereocenters. The van der Waals surface area contributed by atoms with Crippen molar-refractivity contribution in [3.8, 4) is 5.75 Å². The monoisotopic (exact) mass is 402 g/mol. The Labute approximate surface area is 152 Å². The number of halogens is 2. The molecule has 0 saturated carbocycles. The second kappa shape index (κ2) is 8.36. The summed E-state index contributed by atoms with van der Waals surface area (Å²) in [6.07, 6.45) is 5.13. The smallest absolute Gasteiger partial charge is 0.225 e. The minimum atomic E-state index is 0. The van der Waals surface area contributed by atoms with Crippen molar-refractivity contribution in [3.05, 3.63) is 28.7 Å². The van der Waals surface area contributed by atoms with Crippen LogP contribution in [0.5, 0.6) is 5.75 Å². The van der Waals surface area contributed by atoms with Gasteiger partial charge >= 0.3 is 0 Å². The van der Waals surface area contributed by atoms with E-state index in [1.165, 1.54) is 12.8 Å². The zero-order valence-corrected chi connectivity index (χ0v) is 15.7. The van der Waals surface area contributed by atoms with E-state index in [2.05, 4.69) is 21.2 Å². The second-order valence-corrected chi connectivity index (χ2v) is 7.24. The van der Waals surface area contributed by atoms with Gasteiger partial charge in [-0.05, 0) is 43.9 Å². The standard InChI is InChI=1S/C17H23BrN2O2.ClH/c1-20(15-10-13-5-6-14(11-15)19-13)17(21)7-8-22-16-4-2-3-12(18)9-16;/h2-4,9,13-15,19H,5-8,10-11H2,1H3;1H. The molecule has 4 nitrogen and oxygen atoms in total. The molecule has 2 aliphatic rings. The van der Waals surface area contributed by atoms with Crippen LogP contribution in [0, 0.1) is 0 Å². The maximum Gasteiger partial charge on any atom is 0.225 e. The van der Waals surface area contributed by atoms with Gasteiger partial charge in [0, 0.05) is 29.6 Å². The number of ether oxygens (including phenoxy) is 1. The van der Waals surface area contributed by atoms with Crippen molar-refractivity contribution in [2.75, 3.05) is 13.7 Å². The maximum absolute atomic E-state index is 12.3. The van der Waals surface area contributed by atoms with Gasteiger partial charge in [0.05, 0.1) is 13.0 Å². The van der Waals surface area contributed by atoms with E-state index in [4.69, 9.17) is 4.74 Å². The predicted molar refractivity (Wildman–Crippen MR) is 97.2 cm³/mol. The lowest BCUT2D eigenvalue weighted by molar-refractivity contribution is -0.133. The van der Waals surface area contributed by atoms with Crippen LogP contribution in [0.4, 0.5) is 0 Å². The molecule has 2 heterocycles. The quantitative estimate of drug-likeness (QED) is 0.819. The van der Waals surface area contributed by atoms with Gasteiger partial charge in [-0.15, -0.1) is 12.4 Å². The summed E-state index contributed by atoms with van der Waals surface area (Å²) in [4.78, 5) is 14.3. The molecule has 6 heteroatoms. The second-order valence-electron chi connectivity index (χ2n) is 6.32. The van der Waals surface area contributed by atoms with Crippen molar-refractivity contribution in [3.63, 3.8) is 0 Å². The maximum atomic E-state index is 12.3. The molecule has 1 aromatic rings. The molecular weight excluding hydrogens is 380 g/mol. The third-order valence-corrected chi connectivity index (χ3v) is 5.26. The summed E-state index contributed by atoms with van der Waals surface area (Å²) in [6.45, 7) is 0.428. The van der Waals surface area contributed by atoms with Crippen molar-refractivity contribution in [1.82, 2.24) is 10.2 Å². The van der Waals surface area contributed by atoms with E-state index in [0.29, 0.717) is 31.2 Å². The molecule has 2 fully saturated rings. The molecule has 0 spiro atoms. The minimum absolute atomic E-state index is 0. The number of carbonyl (C=O) groups is 1. The number of fused-ring (bicyclic) bond motifs is 2. The number of amides is 1. The average molecular weight is 404 g/mol. The lowest BCUT2D eigenvalue weighted by atomic mass is 9.98. The lowest BCUT2D eigenvalue weighted by Crippen LogP contribution is -2.48. The first-order valence-corrected chi connectivity index (χ1v) is 8.81. The van der Waals surface area contributed by atoms with E-state index in [1.54, 1.807) is 0 Å². The third-order valence-electron chi connectivity index (χ3n) is 4.77. The van der Waals surface area contributed by atoms with E-state index >= 15 is 0 Å². The summed E-state index contributed by atoms with van der Waals surface area (Å²) >= 11 is 3.41. The molecule has 1 amide bonds. The number of benzene rings is 1. The van der Waals surface area contributed by atoms with Crippen molar-refractivity contribution < 1.29 is 9.53 Å². The first-order valence-electron chi connectivity index (χ1n) is 8.02. The highest BCUT2D eigenvalue weighted by Gasteiger charge is 2.36. The van der Waals surface area contributed by atoms with E-state index in [0.717, 1.165) is 23.1 Å². The highest BCUT2D eigenvalue weighted by atomic mass is 79.9. The molecule has 1 N–H and O–H groups in total. The van der Waals surface area contributed by atoms with E-state index in [9.17, 15) is 4.79 Å². The number of carbonyl (C=O) groups excluding carboxylic acids is 1. The number of piperidine rings is 1. The van der Waals surface area contributed by atoms with Crippen LogP contribution >= 0.6 is 28.3 Å².